The summed E-state index contributed by atoms with van der Waals surface area (Å²) in [4.78, 5) is 109. The van der Waals surface area contributed by atoms with Gasteiger partial charge in [-0.3, -0.25) is 42.7 Å². The quantitative estimate of drug-likeness (QED) is 0.124. The van der Waals surface area contributed by atoms with Gasteiger partial charge in [0, 0.05) is 46.4 Å². The van der Waals surface area contributed by atoms with Gasteiger partial charge in [0.2, 0.25) is 41.4 Å². The van der Waals surface area contributed by atoms with Gasteiger partial charge in [0.15, 0.2) is 0 Å². The number of carbonyl (C=O) groups is 8. The molecule has 0 aliphatic carbocycles. The molecule has 6 N–H and O–H groups in total. The van der Waals surface area contributed by atoms with E-state index >= 15 is 0 Å². The van der Waals surface area contributed by atoms with E-state index in [0.717, 1.165) is 22.3 Å². The molecule has 0 spiro atoms. The third-order valence-electron chi connectivity index (χ3n) is 12.5. The highest BCUT2D eigenvalue weighted by Gasteiger charge is 2.41. The maximum absolute atomic E-state index is 13.6. The summed E-state index contributed by atoms with van der Waals surface area (Å²) in [7, 11) is 2.03. The number of likely N-dealkylation sites (N-methyl/N-ethyl adjacent to an activating group) is 2. The number of rotatable bonds is 14. The number of nitrogens with zero attached hydrogens (tertiary/aromatic N) is 4. The van der Waals surface area contributed by atoms with Crippen LogP contribution in [0, 0.1) is 0 Å². The highest BCUT2D eigenvalue weighted by Crippen LogP contribution is 2.23. The highest BCUT2D eigenvalue weighted by molar-refractivity contribution is 5.97. The first-order chi connectivity index (χ1) is 34.6. The summed E-state index contributed by atoms with van der Waals surface area (Å²) in [6.07, 6.45) is 3.46. The number of aliphatic carboxylic acids is 1. The van der Waals surface area contributed by atoms with Gasteiger partial charge in [-0.25, -0.2) is 4.79 Å². The molecule has 3 saturated heterocycles. The van der Waals surface area contributed by atoms with Gasteiger partial charge >= 0.3 is 5.97 Å². The van der Waals surface area contributed by atoms with E-state index in [2.05, 4.69) is 16.0 Å². The second-order valence-electron chi connectivity index (χ2n) is 17.8. The van der Waals surface area contributed by atoms with Crippen LogP contribution in [0.3, 0.4) is 0 Å². The number of carbonyl (C=O) groups excluding carboxylic acids is 7. The zero-order chi connectivity index (χ0) is 52.2. The molecule has 0 unspecified atom stereocenters. The van der Waals surface area contributed by atoms with E-state index in [9.17, 15) is 47.9 Å². The van der Waals surface area contributed by atoms with Crippen molar-refractivity contribution in [2.75, 3.05) is 47.4 Å². The van der Waals surface area contributed by atoms with E-state index in [0.29, 0.717) is 51.6 Å². The topological polar surface area (TPSA) is 232 Å². The van der Waals surface area contributed by atoms with Crippen molar-refractivity contribution in [3.63, 3.8) is 0 Å². The number of alkyl halides is 1. The van der Waals surface area contributed by atoms with E-state index in [-0.39, 0.29) is 61.7 Å². The number of nitrogens with two attached hydrogens (primary N) is 1. The Bertz CT molecular complexity index is 2450. The Morgan fingerprint density at radius 3 is 1.79 bits per heavy atom. The maximum atomic E-state index is 13.6. The Morgan fingerprint density at radius 1 is 0.767 bits per heavy atom. The molecule has 7 rings (SSSR count). The molecule has 3 aliphatic heterocycles. The van der Waals surface area contributed by atoms with Gasteiger partial charge in [-0.05, 0) is 54.4 Å². The molecule has 4 aromatic carbocycles. The molecule has 17 nitrogen and oxygen atoms in total. The molecule has 4 aromatic rings. The van der Waals surface area contributed by atoms with Crippen molar-refractivity contribution in [2.24, 2.45) is 5.73 Å². The van der Waals surface area contributed by atoms with Crippen molar-refractivity contribution < 1.29 is 53.9 Å². The molecule has 0 bridgehead atoms. The van der Waals surface area contributed by atoms with Crippen LogP contribution < -0.4 is 21.7 Å². The minimum Gasteiger partial charge on any atom is -0.480 e. The minimum atomic E-state index is -1.16. The Hall–Kier alpha value is -7.54. The van der Waals surface area contributed by atoms with Crippen LogP contribution in [0.4, 0.5) is 9.09 Å². The fraction of sp³-hybridized carbons (Fsp3) is 0.407. The van der Waals surface area contributed by atoms with E-state index in [1.54, 1.807) is 36.2 Å². The molecular formula is C54H70F2N8O9. The summed E-state index contributed by atoms with van der Waals surface area (Å²) in [6, 6.07) is 32.3. The molecule has 0 saturated carbocycles. The maximum Gasteiger partial charge on any atom is 0.326 e. The molecule has 6 atom stereocenters. The van der Waals surface area contributed by atoms with Gasteiger partial charge in [0.1, 0.15) is 30.2 Å². The molecule has 73 heavy (non-hydrogen) atoms. The highest BCUT2D eigenvalue weighted by atomic mass is 19.1. The number of carboxylic acids is 1. The molecule has 0 aromatic heterocycles. The van der Waals surface area contributed by atoms with Crippen molar-refractivity contribution in [2.45, 2.75) is 95.0 Å². The van der Waals surface area contributed by atoms with E-state index < -0.39 is 67.1 Å². The number of benzene rings is 4. The van der Waals surface area contributed by atoms with Crippen LogP contribution in [0.2, 0.25) is 0 Å². The summed E-state index contributed by atoms with van der Waals surface area (Å²) in [5, 5.41) is 17.7. The minimum absolute atomic E-state index is 0. The summed E-state index contributed by atoms with van der Waals surface area (Å²) >= 11 is 0. The van der Waals surface area contributed by atoms with Crippen LogP contribution in [-0.2, 0) is 64.0 Å². The lowest BCUT2D eigenvalue weighted by molar-refractivity contribution is -0.147. The second-order valence-corrected chi connectivity index (χ2v) is 17.8. The lowest BCUT2D eigenvalue weighted by atomic mass is 10.0. The standard InChI is InChI=1S/C26H32N4O5.C26H30N4O4.CH3F.CH4.FH/c1-29(17-23(31)28-21(26(34)35)16-19-11-6-3-7-12-19)25(33)22-13-8-14-30(22)24(32)20(27)15-18-9-4-2-5-10-18;1-29-17-23(31)27-20(15-18-9-4-2-5-10-18)24(32)28-21(16-19-11-6-3-7-12-19)25(33)30-14-8-13-22(30)26(29)34;1-2;;/h2-7,9-12,20-22H,8,13-17,27H2,1H3,(H,28,31)(H,34,35);2-7,9-12,20-22H,8,13-17H2,1H3,(H,27,31)(H,28,32);1H3;1H4;1H/t20-,21+,22+;20-,21+,22-;;;/m10.../s1/i;;1D;;. The summed E-state index contributed by atoms with van der Waals surface area (Å²) < 4.78 is 15.5. The molecule has 3 fully saturated rings. The Balaban J connectivity index is 0.000000361. The van der Waals surface area contributed by atoms with Gasteiger partial charge in [-0.15, -0.1) is 0 Å². The van der Waals surface area contributed by atoms with Crippen molar-refractivity contribution in [3.8, 4) is 0 Å². The monoisotopic (exact) mass is 1010 g/mol. The lowest BCUT2D eigenvalue weighted by Gasteiger charge is -2.33. The Labute approximate surface area is 427 Å². The number of hydrogen-bond acceptors (Lipinski definition) is 9. The van der Waals surface area contributed by atoms with Gasteiger partial charge in [-0.2, -0.15) is 0 Å². The van der Waals surface area contributed by atoms with Crippen molar-refractivity contribution in [3.05, 3.63) is 144 Å². The number of halogens is 2. The lowest BCUT2D eigenvalue weighted by Crippen LogP contribution is -2.60. The van der Waals surface area contributed by atoms with Crippen LogP contribution >= 0.6 is 0 Å². The molecular weight excluding hydrogens is 943 g/mol. The zero-order valence-electron chi connectivity index (χ0n) is 41.6. The molecule has 19 heteroatoms. The van der Waals surface area contributed by atoms with Crippen LogP contribution in [0.1, 0.15) is 56.7 Å². The number of likely N-dealkylation sites (tertiary alicyclic amines) is 1. The predicted octanol–water partition coefficient (Wildman–Crippen LogP) is 3.10. The first kappa shape index (κ1) is 58.0. The number of fused-ring (bicyclic) bond motifs is 1. The number of carboxylic acid groups (broad SMARTS) is 1. The molecule has 7 amide bonds. The fourth-order valence-corrected chi connectivity index (χ4v) is 8.95. The normalized spacial score (nSPS) is 19.6. The SMILES string of the molecule is C.CN(CC(=O)N[C@@H](Cc1ccccc1)C(=O)O)C(=O)[C@@H]1CCCN1C(=O)[C@H](N)Cc1ccccc1.CN1CC(=O)N[C@@H](Cc2ccccc2)C(=O)N[C@H](Cc2ccccc2)C(=O)N2CCC[C@H]2C1=O.F.[2H]CF. The zero-order valence-corrected chi connectivity index (χ0v) is 40.6. The third-order valence-corrected chi connectivity index (χ3v) is 12.5. The first-order valence-corrected chi connectivity index (χ1v) is 23.6. The molecule has 394 valence electrons. The van der Waals surface area contributed by atoms with Crippen LogP contribution in [0.15, 0.2) is 121 Å². The second kappa shape index (κ2) is 29.7. The average molecular weight is 1010 g/mol. The van der Waals surface area contributed by atoms with Crippen LogP contribution in [0.25, 0.3) is 0 Å². The third kappa shape index (κ3) is 17.3. The smallest absolute Gasteiger partial charge is 0.326 e. The number of amides is 7. The number of nitrogens with one attached hydrogen (secondary N) is 3. The van der Waals surface area contributed by atoms with E-state index in [1.807, 2.05) is 97.1 Å². The largest absolute Gasteiger partial charge is 0.480 e. The Morgan fingerprint density at radius 2 is 1.26 bits per heavy atom. The van der Waals surface area contributed by atoms with E-state index in [4.69, 9.17) is 7.10 Å². The Kier molecular flexibility index (Phi) is 23.6. The summed E-state index contributed by atoms with van der Waals surface area (Å²) in [6.45, 7) is 0.384. The van der Waals surface area contributed by atoms with Crippen LogP contribution in [-0.4, -0.2) is 156 Å². The fourth-order valence-electron chi connectivity index (χ4n) is 8.95. The van der Waals surface area contributed by atoms with E-state index in [1.165, 1.54) is 21.7 Å². The van der Waals surface area contributed by atoms with Gasteiger partial charge in [0.25, 0.3) is 0 Å². The number of hydrogen-bond donors (Lipinski definition) is 5. The first-order valence-electron chi connectivity index (χ1n) is 24.3. The van der Waals surface area contributed by atoms with Crippen molar-refractivity contribution in [1.82, 2.24) is 35.6 Å². The summed E-state index contributed by atoms with van der Waals surface area (Å²) in [5.74, 6) is -3.77. The predicted molar refractivity (Wildman–Crippen MR) is 273 cm³/mol. The van der Waals surface area contributed by atoms with Gasteiger partial charge < -0.3 is 46.4 Å². The molecule has 3 heterocycles. The van der Waals surface area contributed by atoms with Gasteiger partial charge in [-0.1, -0.05) is 129 Å². The average Bonchev–Trinajstić information content (AvgIpc) is 4.08. The van der Waals surface area contributed by atoms with Crippen molar-refractivity contribution in [1.29, 1.82) is 0 Å². The molecule has 0 radical (unpaired) electrons. The van der Waals surface area contributed by atoms with Crippen molar-refractivity contribution >= 4 is 47.3 Å². The van der Waals surface area contributed by atoms with Gasteiger partial charge in [0.05, 0.1) is 27.7 Å². The molecule has 3 aliphatic rings. The summed E-state index contributed by atoms with van der Waals surface area (Å²) in [5.41, 5.74) is 9.65. The van der Waals surface area contributed by atoms with Crippen LogP contribution in [0.5, 0.6) is 0 Å².